The van der Waals surface area contributed by atoms with Crippen LogP contribution in [0.25, 0.3) is 0 Å². The van der Waals surface area contributed by atoms with E-state index in [2.05, 4.69) is 4.99 Å². The average Bonchev–Trinajstić information content (AvgIpc) is 3.32. The highest BCUT2D eigenvalue weighted by molar-refractivity contribution is 7.89. The van der Waals surface area contributed by atoms with E-state index >= 15 is 0 Å². The summed E-state index contributed by atoms with van der Waals surface area (Å²) >= 11 is 0. The van der Waals surface area contributed by atoms with Crippen molar-refractivity contribution in [1.29, 1.82) is 0 Å². The standard InChI is InChI=1S/C21H24N4O3S/c1-2-6-20(26)24-12-11-16-13-17(9-10-19(16)24)29(27,28)25-14-18(23-21(25)22)15-7-4-3-5-8-15/h3-5,7-10,13,18H,2,6,11-12,14H2,1H3,(H2,22,23). The van der Waals surface area contributed by atoms with E-state index in [1.165, 1.54) is 4.31 Å². The van der Waals surface area contributed by atoms with E-state index in [9.17, 15) is 13.2 Å². The number of anilines is 1. The Hall–Kier alpha value is -2.87. The highest BCUT2D eigenvalue weighted by Crippen LogP contribution is 2.33. The molecule has 0 bridgehead atoms. The molecule has 2 aromatic carbocycles. The number of guanidine groups is 1. The van der Waals surface area contributed by atoms with Crippen molar-refractivity contribution in [3.05, 3.63) is 59.7 Å². The van der Waals surface area contributed by atoms with Crippen LogP contribution in [0, 0.1) is 0 Å². The first-order valence-electron chi connectivity index (χ1n) is 9.76. The number of carbonyl (C=O) groups excluding carboxylic acids is 1. The molecule has 0 fully saturated rings. The molecule has 1 atom stereocenters. The van der Waals surface area contributed by atoms with Crippen molar-refractivity contribution >= 4 is 27.6 Å². The van der Waals surface area contributed by atoms with Gasteiger partial charge in [-0.25, -0.2) is 17.7 Å². The van der Waals surface area contributed by atoms with Gasteiger partial charge in [-0.15, -0.1) is 0 Å². The Kier molecular flexibility index (Phi) is 5.04. The van der Waals surface area contributed by atoms with Gasteiger partial charge in [0.15, 0.2) is 0 Å². The lowest BCUT2D eigenvalue weighted by Gasteiger charge is -2.20. The van der Waals surface area contributed by atoms with E-state index < -0.39 is 10.0 Å². The van der Waals surface area contributed by atoms with Gasteiger partial charge in [0.05, 0.1) is 17.5 Å². The number of sulfonamides is 1. The number of fused-ring (bicyclic) bond motifs is 1. The third-order valence-electron chi connectivity index (χ3n) is 5.37. The Balaban J connectivity index is 1.59. The number of nitrogens with two attached hydrogens (primary N) is 1. The molecule has 1 amide bonds. The summed E-state index contributed by atoms with van der Waals surface area (Å²) in [6, 6.07) is 14.1. The maximum Gasteiger partial charge on any atom is 0.266 e. The van der Waals surface area contributed by atoms with E-state index in [1.807, 2.05) is 37.3 Å². The maximum absolute atomic E-state index is 13.2. The van der Waals surface area contributed by atoms with Gasteiger partial charge < -0.3 is 10.6 Å². The fourth-order valence-electron chi connectivity index (χ4n) is 3.87. The second-order valence-corrected chi connectivity index (χ2v) is 9.15. The molecule has 0 saturated heterocycles. The number of rotatable bonds is 5. The van der Waals surface area contributed by atoms with Crippen LogP contribution in [0.15, 0.2) is 58.4 Å². The van der Waals surface area contributed by atoms with Gasteiger partial charge in [0, 0.05) is 18.7 Å². The minimum atomic E-state index is -3.82. The predicted molar refractivity (Wildman–Crippen MR) is 112 cm³/mol. The van der Waals surface area contributed by atoms with Crippen molar-refractivity contribution in [2.75, 3.05) is 18.0 Å². The SMILES string of the molecule is CCCC(=O)N1CCc2cc(S(=O)(=O)N3CC(c4ccccc4)N=C3N)ccc21. The summed E-state index contributed by atoms with van der Waals surface area (Å²) in [5, 5.41) is 0. The Bertz CT molecular complexity index is 1070. The van der Waals surface area contributed by atoms with Crippen molar-refractivity contribution in [3.8, 4) is 0 Å². The predicted octanol–water partition coefficient (Wildman–Crippen LogP) is 2.44. The Morgan fingerprint density at radius 2 is 1.97 bits per heavy atom. The van der Waals surface area contributed by atoms with Gasteiger partial charge in [0.2, 0.25) is 11.9 Å². The van der Waals surface area contributed by atoms with Crippen LogP contribution in [0.2, 0.25) is 0 Å². The number of hydrogen-bond donors (Lipinski definition) is 1. The molecule has 1 unspecified atom stereocenters. The third kappa shape index (κ3) is 3.48. The lowest BCUT2D eigenvalue weighted by atomic mass is 10.1. The Morgan fingerprint density at radius 1 is 1.21 bits per heavy atom. The Labute approximate surface area is 170 Å². The molecular formula is C21H24N4O3S. The molecule has 2 N–H and O–H groups in total. The maximum atomic E-state index is 13.2. The second kappa shape index (κ2) is 7.51. The molecule has 2 aliphatic rings. The van der Waals surface area contributed by atoms with Crippen LogP contribution in [0.1, 0.15) is 36.9 Å². The number of aliphatic imine (C=N–C) groups is 1. The molecule has 2 aromatic rings. The van der Waals surface area contributed by atoms with Crippen LogP contribution in [-0.4, -0.2) is 37.7 Å². The highest BCUT2D eigenvalue weighted by Gasteiger charge is 2.35. The molecule has 0 saturated carbocycles. The lowest BCUT2D eigenvalue weighted by Crippen LogP contribution is -2.39. The van der Waals surface area contributed by atoms with Crippen LogP contribution in [-0.2, 0) is 21.2 Å². The third-order valence-corrected chi connectivity index (χ3v) is 7.13. The summed E-state index contributed by atoms with van der Waals surface area (Å²) in [6.07, 6.45) is 1.92. The summed E-state index contributed by atoms with van der Waals surface area (Å²) in [7, 11) is -3.82. The summed E-state index contributed by atoms with van der Waals surface area (Å²) in [5.74, 6) is 0.0718. The first kappa shape index (κ1) is 19.4. The quantitative estimate of drug-likeness (QED) is 0.816. The van der Waals surface area contributed by atoms with E-state index in [4.69, 9.17) is 5.73 Å². The van der Waals surface area contributed by atoms with Crippen molar-refractivity contribution in [2.45, 2.75) is 37.1 Å². The zero-order valence-corrected chi connectivity index (χ0v) is 17.1. The van der Waals surface area contributed by atoms with Crippen LogP contribution in [0.5, 0.6) is 0 Å². The number of nitrogens with zero attached hydrogens (tertiary/aromatic N) is 3. The molecule has 152 valence electrons. The van der Waals surface area contributed by atoms with Crippen molar-refractivity contribution < 1.29 is 13.2 Å². The zero-order chi connectivity index (χ0) is 20.6. The molecule has 4 rings (SSSR count). The lowest BCUT2D eigenvalue weighted by molar-refractivity contribution is -0.118. The number of benzene rings is 2. The van der Waals surface area contributed by atoms with Crippen molar-refractivity contribution in [1.82, 2.24) is 4.31 Å². The molecule has 8 heteroatoms. The Morgan fingerprint density at radius 3 is 2.69 bits per heavy atom. The van der Waals surface area contributed by atoms with Gasteiger partial charge >= 0.3 is 0 Å². The smallest absolute Gasteiger partial charge is 0.266 e. The summed E-state index contributed by atoms with van der Waals surface area (Å²) in [6.45, 7) is 2.73. The number of hydrogen-bond acceptors (Lipinski definition) is 5. The first-order chi connectivity index (χ1) is 13.9. The topological polar surface area (TPSA) is 96.1 Å². The molecule has 0 radical (unpaired) electrons. The van der Waals surface area contributed by atoms with Gasteiger partial charge in [-0.1, -0.05) is 37.3 Å². The van der Waals surface area contributed by atoms with Crippen molar-refractivity contribution in [3.63, 3.8) is 0 Å². The fourth-order valence-corrected chi connectivity index (χ4v) is 5.28. The zero-order valence-electron chi connectivity index (χ0n) is 16.3. The van der Waals surface area contributed by atoms with Crippen molar-refractivity contribution in [2.24, 2.45) is 10.7 Å². The molecule has 0 spiro atoms. The minimum absolute atomic E-state index is 0.000832. The molecule has 2 aliphatic heterocycles. The number of carbonyl (C=O) groups is 1. The molecule has 0 aliphatic carbocycles. The average molecular weight is 413 g/mol. The monoisotopic (exact) mass is 412 g/mol. The molecule has 2 heterocycles. The molecule has 0 aromatic heterocycles. The van der Waals surface area contributed by atoms with E-state index in [-0.39, 0.29) is 29.3 Å². The first-order valence-corrected chi connectivity index (χ1v) is 11.2. The van der Waals surface area contributed by atoms with E-state index in [1.54, 1.807) is 23.1 Å². The van der Waals surface area contributed by atoms with Gasteiger partial charge in [0.1, 0.15) is 0 Å². The molecule has 7 nitrogen and oxygen atoms in total. The van der Waals surface area contributed by atoms with Gasteiger partial charge in [0.25, 0.3) is 10.0 Å². The van der Waals surface area contributed by atoms with Gasteiger partial charge in [-0.05, 0) is 42.2 Å². The summed E-state index contributed by atoms with van der Waals surface area (Å²) < 4.78 is 27.6. The van der Waals surface area contributed by atoms with Gasteiger partial charge in [-0.3, -0.25) is 4.79 Å². The summed E-state index contributed by atoms with van der Waals surface area (Å²) in [4.78, 5) is 18.5. The highest BCUT2D eigenvalue weighted by atomic mass is 32.2. The van der Waals surface area contributed by atoms with E-state index in [0.29, 0.717) is 19.4 Å². The van der Waals surface area contributed by atoms with E-state index in [0.717, 1.165) is 23.2 Å². The molecular weight excluding hydrogens is 388 g/mol. The van der Waals surface area contributed by atoms with Gasteiger partial charge in [-0.2, -0.15) is 0 Å². The second-order valence-electron chi connectivity index (χ2n) is 7.29. The fraction of sp³-hybridized carbons (Fsp3) is 0.333. The summed E-state index contributed by atoms with van der Waals surface area (Å²) in [5.41, 5.74) is 8.57. The van der Waals surface area contributed by atoms with Crippen LogP contribution < -0.4 is 10.6 Å². The van der Waals surface area contributed by atoms with Crippen LogP contribution in [0.3, 0.4) is 0 Å². The van der Waals surface area contributed by atoms with Crippen LogP contribution >= 0.6 is 0 Å². The number of amides is 1. The molecule has 29 heavy (non-hydrogen) atoms. The van der Waals surface area contributed by atoms with Crippen LogP contribution in [0.4, 0.5) is 5.69 Å². The minimum Gasteiger partial charge on any atom is -0.369 e. The largest absolute Gasteiger partial charge is 0.369 e. The normalized spacial score (nSPS) is 18.7.